The molecule has 0 spiro atoms. The molecular formula is C18H19Cl3N2O. The summed E-state index contributed by atoms with van der Waals surface area (Å²) in [6.07, 6.45) is -0.120. The van der Waals surface area contributed by atoms with Gasteiger partial charge < -0.3 is 10.1 Å². The van der Waals surface area contributed by atoms with Crippen LogP contribution >= 0.6 is 34.8 Å². The van der Waals surface area contributed by atoms with Gasteiger partial charge in [-0.1, -0.05) is 53.0 Å². The van der Waals surface area contributed by atoms with Crippen molar-refractivity contribution in [3.63, 3.8) is 0 Å². The van der Waals surface area contributed by atoms with Gasteiger partial charge in [0.1, 0.15) is 0 Å². The Morgan fingerprint density at radius 3 is 2.46 bits per heavy atom. The van der Waals surface area contributed by atoms with Crippen LogP contribution < -0.4 is 5.32 Å². The van der Waals surface area contributed by atoms with E-state index < -0.39 is 0 Å². The summed E-state index contributed by atoms with van der Waals surface area (Å²) in [7, 11) is 0. The Hall–Kier alpha value is -0.810. The third kappa shape index (κ3) is 4.85. The zero-order valence-electron chi connectivity index (χ0n) is 13.1. The summed E-state index contributed by atoms with van der Waals surface area (Å²) >= 11 is 18.4. The Bertz CT molecular complexity index is 672. The average Bonchev–Trinajstić information content (AvgIpc) is 3.06. The molecule has 0 unspecified atom stereocenters. The van der Waals surface area contributed by atoms with Crippen LogP contribution in [0.4, 0.5) is 0 Å². The second-order valence-electron chi connectivity index (χ2n) is 5.83. The molecule has 128 valence electrons. The van der Waals surface area contributed by atoms with Crippen LogP contribution in [0.15, 0.2) is 42.5 Å². The van der Waals surface area contributed by atoms with Gasteiger partial charge in [-0.25, -0.2) is 0 Å². The SMILES string of the molecule is Clc1ccc(CO[C@H](CN2CCNC2)c2ccc(Cl)cc2Cl)cc1. The number of ether oxygens (including phenoxy) is 1. The lowest BCUT2D eigenvalue weighted by Crippen LogP contribution is -2.29. The summed E-state index contributed by atoms with van der Waals surface area (Å²) in [5.41, 5.74) is 2.04. The summed E-state index contributed by atoms with van der Waals surface area (Å²) in [5.74, 6) is 0. The van der Waals surface area contributed by atoms with Crippen molar-refractivity contribution < 1.29 is 4.74 Å². The van der Waals surface area contributed by atoms with Gasteiger partial charge in [0, 0.05) is 46.9 Å². The molecule has 1 aliphatic heterocycles. The molecule has 3 nitrogen and oxygen atoms in total. The molecule has 2 aromatic carbocycles. The number of hydrogen-bond acceptors (Lipinski definition) is 3. The van der Waals surface area contributed by atoms with Crippen molar-refractivity contribution in [3.8, 4) is 0 Å². The number of hydrogen-bond donors (Lipinski definition) is 1. The molecule has 1 fully saturated rings. The van der Waals surface area contributed by atoms with Gasteiger partial charge in [-0.15, -0.1) is 0 Å². The van der Waals surface area contributed by atoms with E-state index >= 15 is 0 Å². The second-order valence-corrected chi connectivity index (χ2v) is 7.11. The van der Waals surface area contributed by atoms with Crippen molar-refractivity contribution in [1.29, 1.82) is 0 Å². The predicted octanol–water partition coefficient (Wildman–Crippen LogP) is 4.77. The Kier molecular flexibility index (Phi) is 6.39. The van der Waals surface area contributed by atoms with E-state index in [-0.39, 0.29) is 6.10 Å². The average molecular weight is 386 g/mol. The minimum absolute atomic E-state index is 0.120. The molecule has 0 amide bonds. The van der Waals surface area contributed by atoms with E-state index in [1.54, 1.807) is 6.07 Å². The first-order valence-corrected chi connectivity index (χ1v) is 8.99. The molecule has 24 heavy (non-hydrogen) atoms. The largest absolute Gasteiger partial charge is 0.367 e. The maximum Gasteiger partial charge on any atom is 0.0971 e. The van der Waals surface area contributed by atoms with Gasteiger partial charge in [-0.2, -0.15) is 0 Å². The van der Waals surface area contributed by atoms with Gasteiger partial charge in [0.05, 0.1) is 12.7 Å². The highest BCUT2D eigenvalue weighted by Gasteiger charge is 2.21. The number of halogens is 3. The number of rotatable bonds is 6. The zero-order chi connectivity index (χ0) is 16.9. The van der Waals surface area contributed by atoms with Crippen LogP contribution in [0.25, 0.3) is 0 Å². The van der Waals surface area contributed by atoms with Gasteiger partial charge in [0.15, 0.2) is 0 Å². The summed E-state index contributed by atoms with van der Waals surface area (Å²) < 4.78 is 6.20. The van der Waals surface area contributed by atoms with Crippen LogP contribution in [0.5, 0.6) is 0 Å². The summed E-state index contributed by atoms with van der Waals surface area (Å²) in [4.78, 5) is 2.32. The molecule has 6 heteroatoms. The molecule has 3 rings (SSSR count). The normalized spacial score (nSPS) is 16.5. The van der Waals surface area contributed by atoms with Gasteiger partial charge in [-0.3, -0.25) is 4.90 Å². The highest BCUT2D eigenvalue weighted by atomic mass is 35.5. The van der Waals surface area contributed by atoms with Crippen molar-refractivity contribution in [2.45, 2.75) is 12.7 Å². The van der Waals surface area contributed by atoms with E-state index in [2.05, 4.69) is 10.2 Å². The second kappa shape index (κ2) is 8.52. The van der Waals surface area contributed by atoms with E-state index in [9.17, 15) is 0 Å². The Balaban J connectivity index is 1.74. The van der Waals surface area contributed by atoms with Crippen LogP contribution in [0, 0.1) is 0 Å². The lowest BCUT2D eigenvalue weighted by atomic mass is 10.1. The first-order valence-electron chi connectivity index (χ1n) is 7.86. The van der Waals surface area contributed by atoms with Crippen LogP contribution in [0.1, 0.15) is 17.2 Å². The lowest BCUT2D eigenvalue weighted by molar-refractivity contribution is 0.0181. The first kappa shape index (κ1) is 18.0. The highest BCUT2D eigenvalue weighted by Crippen LogP contribution is 2.30. The monoisotopic (exact) mass is 384 g/mol. The van der Waals surface area contributed by atoms with Crippen LogP contribution in [-0.2, 0) is 11.3 Å². The minimum atomic E-state index is -0.120. The first-order chi connectivity index (χ1) is 11.6. The predicted molar refractivity (Wildman–Crippen MR) is 99.9 cm³/mol. The third-order valence-electron chi connectivity index (χ3n) is 4.04. The molecule has 1 aliphatic rings. The summed E-state index contributed by atoms with van der Waals surface area (Å²) in [6.45, 7) is 4.15. The van der Waals surface area contributed by atoms with Crippen LogP contribution in [0.3, 0.4) is 0 Å². The Morgan fingerprint density at radius 1 is 1.04 bits per heavy atom. The van der Waals surface area contributed by atoms with Gasteiger partial charge >= 0.3 is 0 Å². The molecule has 0 bridgehead atoms. The van der Waals surface area contributed by atoms with E-state index in [0.29, 0.717) is 16.7 Å². The highest BCUT2D eigenvalue weighted by molar-refractivity contribution is 6.35. The van der Waals surface area contributed by atoms with Crippen molar-refractivity contribution in [1.82, 2.24) is 10.2 Å². The standard InChI is InChI=1S/C18H19Cl3N2O/c19-14-3-1-13(2-4-14)11-24-18(10-23-8-7-22-12-23)16-6-5-15(20)9-17(16)21/h1-6,9,18,22H,7-8,10-12H2/t18-/m1/s1. The molecule has 0 saturated carbocycles. The molecule has 1 saturated heterocycles. The molecular weight excluding hydrogens is 367 g/mol. The fraction of sp³-hybridized carbons (Fsp3) is 0.333. The molecule has 0 aromatic heterocycles. The van der Waals surface area contributed by atoms with Crippen molar-refractivity contribution >= 4 is 34.8 Å². The van der Waals surface area contributed by atoms with E-state index in [1.165, 1.54) is 0 Å². The van der Waals surface area contributed by atoms with Crippen molar-refractivity contribution in [2.24, 2.45) is 0 Å². The molecule has 1 N–H and O–H groups in total. The molecule has 1 heterocycles. The smallest absolute Gasteiger partial charge is 0.0971 e. The third-order valence-corrected chi connectivity index (χ3v) is 4.85. The fourth-order valence-corrected chi connectivity index (χ4v) is 3.38. The Morgan fingerprint density at radius 2 is 1.79 bits per heavy atom. The van der Waals surface area contributed by atoms with Crippen molar-refractivity contribution in [3.05, 3.63) is 68.7 Å². The van der Waals surface area contributed by atoms with E-state index in [4.69, 9.17) is 39.5 Å². The zero-order valence-corrected chi connectivity index (χ0v) is 15.4. The van der Waals surface area contributed by atoms with E-state index in [0.717, 1.165) is 42.5 Å². The molecule has 0 radical (unpaired) electrons. The molecule has 2 aromatic rings. The van der Waals surface area contributed by atoms with Gasteiger partial charge in [0.25, 0.3) is 0 Å². The Labute approximate surface area is 157 Å². The lowest BCUT2D eigenvalue weighted by Gasteiger charge is -2.24. The van der Waals surface area contributed by atoms with Gasteiger partial charge in [-0.05, 0) is 29.8 Å². The maximum absolute atomic E-state index is 6.40. The maximum atomic E-state index is 6.40. The fourth-order valence-electron chi connectivity index (χ4n) is 2.72. The molecule has 1 atom stereocenters. The molecule has 0 aliphatic carbocycles. The van der Waals surface area contributed by atoms with Crippen LogP contribution in [-0.4, -0.2) is 31.2 Å². The topological polar surface area (TPSA) is 24.5 Å². The van der Waals surface area contributed by atoms with Gasteiger partial charge in [0.2, 0.25) is 0 Å². The van der Waals surface area contributed by atoms with E-state index in [1.807, 2.05) is 36.4 Å². The van der Waals surface area contributed by atoms with Crippen LogP contribution in [0.2, 0.25) is 15.1 Å². The number of benzene rings is 2. The summed E-state index contributed by atoms with van der Waals surface area (Å²) in [6, 6.07) is 13.2. The quantitative estimate of drug-likeness (QED) is 0.775. The summed E-state index contributed by atoms with van der Waals surface area (Å²) in [5, 5.41) is 5.32. The van der Waals surface area contributed by atoms with Crippen molar-refractivity contribution in [2.75, 3.05) is 26.3 Å². The number of nitrogens with zero attached hydrogens (tertiary/aromatic N) is 1. The minimum Gasteiger partial charge on any atom is -0.367 e. The number of nitrogens with one attached hydrogen (secondary N) is 1.